The summed E-state index contributed by atoms with van der Waals surface area (Å²) in [6.45, 7) is 1.23. The summed E-state index contributed by atoms with van der Waals surface area (Å²) in [7, 11) is 5.26. The molecule has 1 aromatic carbocycles. The van der Waals surface area contributed by atoms with Gasteiger partial charge in [0.15, 0.2) is 5.13 Å². The Labute approximate surface area is 160 Å². The number of nitrogens with two attached hydrogens (primary N) is 1. The zero-order valence-corrected chi connectivity index (χ0v) is 16.2. The number of hydrogen-bond acceptors (Lipinski definition) is 7. The Kier molecular flexibility index (Phi) is 6.78. The van der Waals surface area contributed by atoms with Crippen molar-refractivity contribution in [1.82, 2.24) is 15.2 Å². The van der Waals surface area contributed by atoms with Gasteiger partial charge in [0.1, 0.15) is 11.4 Å². The van der Waals surface area contributed by atoms with E-state index in [0.29, 0.717) is 23.1 Å². The van der Waals surface area contributed by atoms with Crippen LogP contribution in [0.5, 0.6) is 5.75 Å². The zero-order chi connectivity index (χ0) is 19.3. The molecule has 0 radical (unpaired) electrons. The van der Waals surface area contributed by atoms with E-state index in [2.05, 4.69) is 15.6 Å². The maximum atomic E-state index is 12.5. The lowest BCUT2D eigenvalue weighted by Crippen LogP contribution is -2.31. The highest BCUT2D eigenvalue weighted by Gasteiger charge is 2.17. The maximum absolute atomic E-state index is 12.5. The van der Waals surface area contributed by atoms with Crippen LogP contribution >= 0.6 is 22.9 Å². The van der Waals surface area contributed by atoms with Crippen molar-refractivity contribution in [2.75, 3.05) is 45.3 Å². The first-order valence-corrected chi connectivity index (χ1v) is 8.90. The molecule has 2 rings (SSSR count). The van der Waals surface area contributed by atoms with Crippen LogP contribution in [0.15, 0.2) is 17.5 Å². The molecule has 0 spiro atoms. The summed E-state index contributed by atoms with van der Waals surface area (Å²) in [5.74, 6) is -0.461. The minimum atomic E-state index is -0.460. The second-order valence-electron chi connectivity index (χ2n) is 5.63. The van der Waals surface area contributed by atoms with Gasteiger partial charge in [0.25, 0.3) is 11.8 Å². The summed E-state index contributed by atoms with van der Waals surface area (Å²) in [4.78, 5) is 30.6. The minimum absolute atomic E-state index is 0.221. The summed E-state index contributed by atoms with van der Waals surface area (Å²) in [5, 5.41) is 7.51. The van der Waals surface area contributed by atoms with Crippen molar-refractivity contribution in [1.29, 1.82) is 0 Å². The second kappa shape index (κ2) is 8.84. The largest absolute Gasteiger partial charge is 0.496 e. The Morgan fingerprint density at radius 3 is 2.73 bits per heavy atom. The van der Waals surface area contributed by atoms with Crippen LogP contribution in [0.4, 0.5) is 10.8 Å². The smallest absolute Gasteiger partial charge is 0.270 e. The Hall–Kier alpha value is -2.36. The van der Waals surface area contributed by atoms with E-state index in [1.165, 1.54) is 19.2 Å². The highest BCUT2D eigenvalue weighted by Crippen LogP contribution is 2.29. The van der Waals surface area contributed by atoms with Crippen LogP contribution in [-0.4, -0.2) is 56.0 Å². The van der Waals surface area contributed by atoms with Crippen molar-refractivity contribution in [3.8, 4) is 5.75 Å². The third kappa shape index (κ3) is 5.07. The monoisotopic (exact) mass is 397 g/mol. The lowest BCUT2D eigenvalue weighted by molar-refractivity contribution is 0.0945. The van der Waals surface area contributed by atoms with Gasteiger partial charge in [-0.05, 0) is 20.2 Å². The molecule has 0 aliphatic rings. The van der Waals surface area contributed by atoms with Gasteiger partial charge in [0.05, 0.1) is 23.4 Å². The van der Waals surface area contributed by atoms with Gasteiger partial charge in [0.2, 0.25) is 0 Å². The number of anilines is 2. The highest BCUT2D eigenvalue weighted by molar-refractivity contribution is 7.14. The predicted molar refractivity (Wildman–Crippen MR) is 103 cm³/mol. The molecular formula is C16H20ClN5O3S. The van der Waals surface area contributed by atoms with E-state index in [1.54, 1.807) is 5.38 Å². The topological polar surface area (TPSA) is 110 Å². The van der Waals surface area contributed by atoms with Crippen molar-refractivity contribution in [3.05, 3.63) is 33.8 Å². The fraction of sp³-hybridized carbons (Fsp3) is 0.312. The first-order valence-electron chi connectivity index (χ1n) is 7.64. The van der Waals surface area contributed by atoms with E-state index in [-0.39, 0.29) is 22.2 Å². The van der Waals surface area contributed by atoms with E-state index < -0.39 is 5.91 Å². The maximum Gasteiger partial charge on any atom is 0.270 e. The molecular weight excluding hydrogens is 378 g/mol. The van der Waals surface area contributed by atoms with Crippen LogP contribution in [0, 0.1) is 0 Å². The number of hydrogen-bond donors (Lipinski definition) is 3. The zero-order valence-electron chi connectivity index (χ0n) is 14.6. The molecule has 1 heterocycles. The van der Waals surface area contributed by atoms with Crippen LogP contribution in [0.2, 0.25) is 5.02 Å². The van der Waals surface area contributed by atoms with Gasteiger partial charge in [-0.1, -0.05) is 11.6 Å². The molecule has 8 nitrogen and oxygen atoms in total. The van der Waals surface area contributed by atoms with Crippen LogP contribution < -0.4 is 21.1 Å². The molecule has 0 atom stereocenters. The Morgan fingerprint density at radius 1 is 1.35 bits per heavy atom. The van der Waals surface area contributed by atoms with Gasteiger partial charge in [-0.25, -0.2) is 4.98 Å². The molecule has 0 unspecified atom stereocenters. The molecule has 1 aromatic heterocycles. The predicted octanol–water partition coefficient (Wildman–Crippen LogP) is 1.93. The van der Waals surface area contributed by atoms with Crippen LogP contribution in [-0.2, 0) is 0 Å². The van der Waals surface area contributed by atoms with Crippen LogP contribution in [0.25, 0.3) is 0 Å². The number of nitrogens with one attached hydrogen (secondary N) is 2. The number of nitrogen functional groups attached to an aromatic ring is 1. The number of halogens is 1. The molecule has 2 aromatic rings. The van der Waals surface area contributed by atoms with Gasteiger partial charge in [-0.15, -0.1) is 11.3 Å². The third-order valence-corrected chi connectivity index (χ3v) is 4.45. The summed E-state index contributed by atoms with van der Waals surface area (Å²) in [5.41, 5.74) is 6.49. The van der Waals surface area contributed by atoms with Crippen molar-refractivity contribution >= 4 is 45.6 Å². The standard InChI is InChI=1S/C16H20ClN5O3S/c1-22(2)5-4-19-15(24)12-8-26-16(20-12)21-14(23)9-6-10(17)11(18)7-13(9)25-3/h6-8H,4-5,18H2,1-3H3,(H,19,24)(H,20,21,23). The number of benzene rings is 1. The van der Waals surface area contributed by atoms with E-state index >= 15 is 0 Å². The molecule has 26 heavy (non-hydrogen) atoms. The summed E-state index contributed by atoms with van der Waals surface area (Å²) in [6, 6.07) is 2.90. The molecule has 140 valence electrons. The lowest BCUT2D eigenvalue weighted by Gasteiger charge is -2.10. The minimum Gasteiger partial charge on any atom is -0.496 e. The molecule has 0 aliphatic carbocycles. The number of nitrogens with zero attached hydrogens (tertiary/aromatic N) is 2. The van der Waals surface area contributed by atoms with E-state index in [1.807, 2.05) is 19.0 Å². The Bertz CT molecular complexity index is 809. The fourth-order valence-corrected chi connectivity index (χ4v) is 2.85. The van der Waals surface area contributed by atoms with E-state index in [0.717, 1.165) is 17.9 Å². The van der Waals surface area contributed by atoms with E-state index in [9.17, 15) is 9.59 Å². The number of likely N-dealkylation sites (N-methyl/N-ethyl adjacent to an activating group) is 1. The number of aromatic nitrogens is 1. The normalized spacial score (nSPS) is 10.7. The molecule has 4 N–H and O–H groups in total. The lowest BCUT2D eigenvalue weighted by atomic mass is 10.1. The number of carbonyl (C=O) groups is 2. The number of thiazole rings is 1. The third-order valence-electron chi connectivity index (χ3n) is 3.37. The molecule has 2 amide bonds. The number of ether oxygens (including phenoxy) is 1. The number of amides is 2. The summed E-state index contributed by atoms with van der Waals surface area (Å²) < 4.78 is 5.16. The van der Waals surface area contributed by atoms with Gasteiger partial charge in [0, 0.05) is 24.5 Å². The second-order valence-corrected chi connectivity index (χ2v) is 6.89. The fourth-order valence-electron chi connectivity index (χ4n) is 2.00. The Balaban J connectivity index is 2.06. The van der Waals surface area contributed by atoms with Crippen molar-refractivity contribution < 1.29 is 14.3 Å². The van der Waals surface area contributed by atoms with Gasteiger partial charge >= 0.3 is 0 Å². The molecule has 10 heteroatoms. The molecule has 0 fully saturated rings. The molecule has 0 saturated carbocycles. The quantitative estimate of drug-likeness (QED) is 0.616. The number of carbonyl (C=O) groups excluding carboxylic acids is 2. The number of rotatable bonds is 7. The number of methoxy groups -OCH3 is 1. The van der Waals surface area contributed by atoms with Crippen LogP contribution in [0.3, 0.4) is 0 Å². The average Bonchev–Trinajstić information content (AvgIpc) is 3.05. The summed E-state index contributed by atoms with van der Waals surface area (Å²) >= 11 is 7.12. The molecule has 0 bridgehead atoms. The SMILES string of the molecule is COc1cc(N)c(Cl)cc1C(=O)Nc1nc(C(=O)NCCN(C)C)cs1. The van der Waals surface area contributed by atoms with Crippen molar-refractivity contribution in [3.63, 3.8) is 0 Å². The van der Waals surface area contributed by atoms with Gasteiger partial charge < -0.3 is 20.7 Å². The molecule has 0 aliphatic heterocycles. The van der Waals surface area contributed by atoms with Gasteiger partial charge in [-0.3, -0.25) is 14.9 Å². The highest BCUT2D eigenvalue weighted by atomic mass is 35.5. The summed E-state index contributed by atoms with van der Waals surface area (Å²) in [6.07, 6.45) is 0. The van der Waals surface area contributed by atoms with Crippen molar-refractivity contribution in [2.24, 2.45) is 0 Å². The van der Waals surface area contributed by atoms with Crippen LogP contribution in [0.1, 0.15) is 20.8 Å². The van der Waals surface area contributed by atoms with E-state index in [4.69, 9.17) is 22.1 Å². The molecule has 0 saturated heterocycles. The van der Waals surface area contributed by atoms with Gasteiger partial charge in [-0.2, -0.15) is 0 Å². The first-order chi connectivity index (χ1) is 12.3. The first kappa shape index (κ1) is 20.0. The average molecular weight is 398 g/mol. The van der Waals surface area contributed by atoms with Crippen molar-refractivity contribution in [2.45, 2.75) is 0 Å². The Morgan fingerprint density at radius 2 is 2.08 bits per heavy atom.